The van der Waals surface area contributed by atoms with Crippen molar-refractivity contribution in [2.45, 2.75) is 38.5 Å². The van der Waals surface area contributed by atoms with E-state index in [0.29, 0.717) is 0 Å². The van der Waals surface area contributed by atoms with E-state index in [2.05, 4.69) is 148 Å². The first kappa shape index (κ1) is 29.8. The molecule has 0 spiro atoms. The van der Waals surface area contributed by atoms with Gasteiger partial charge in [-0.15, -0.1) is 0 Å². The lowest BCUT2D eigenvalue weighted by Crippen LogP contribution is -2.21. The highest BCUT2D eigenvalue weighted by Crippen LogP contribution is 2.38. The lowest BCUT2D eigenvalue weighted by Gasteiger charge is -2.30. The van der Waals surface area contributed by atoms with Gasteiger partial charge in [0.2, 0.25) is 0 Å². The van der Waals surface area contributed by atoms with Crippen LogP contribution in [-0.4, -0.2) is 29.1 Å². The quantitative estimate of drug-likeness (QED) is 0.180. The van der Waals surface area contributed by atoms with Crippen LogP contribution in [0.1, 0.15) is 49.9 Å². The van der Waals surface area contributed by atoms with Crippen molar-refractivity contribution < 1.29 is 0 Å². The van der Waals surface area contributed by atoms with Crippen molar-refractivity contribution in [1.29, 1.82) is 0 Å². The number of rotatable bonds is 6. The molecule has 6 heterocycles. The van der Waals surface area contributed by atoms with Gasteiger partial charge in [-0.3, -0.25) is 19.5 Å². The highest BCUT2D eigenvalue weighted by molar-refractivity contribution is 6.07. The average molecular weight is 647 g/mol. The lowest BCUT2D eigenvalue weighted by atomic mass is 9.74. The summed E-state index contributed by atoms with van der Waals surface area (Å²) in [6.07, 6.45) is 11.0. The van der Waals surface area contributed by atoms with Gasteiger partial charge in [-0.2, -0.15) is 0 Å². The molecular weight excluding hydrogens is 613 g/mol. The van der Waals surface area contributed by atoms with Gasteiger partial charge in [0, 0.05) is 51.6 Å². The molecule has 0 saturated carbocycles. The van der Waals surface area contributed by atoms with Crippen molar-refractivity contribution in [2.75, 3.05) is 0 Å². The molecule has 0 aliphatic rings. The number of pyridine rings is 3. The first-order valence-corrected chi connectivity index (χ1v) is 16.9. The summed E-state index contributed by atoms with van der Waals surface area (Å²) in [4.78, 5) is 18.1. The second-order valence-corrected chi connectivity index (χ2v) is 14.0. The number of hydrogen-bond donors (Lipinski definition) is 0. The summed E-state index contributed by atoms with van der Waals surface area (Å²) in [6, 6.07) is 41.3. The van der Waals surface area contributed by atoms with Crippen molar-refractivity contribution in [3.05, 3.63) is 169 Å². The molecule has 6 nitrogen and oxygen atoms in total. The summed E-state index contributed by atoms with van der Waals surface area (Å²) in [5.74, 6) is 0. The van der Waals surface area contributed by atoms with Crippen molar-refractivity contribution in [3.8, 4) is 11.4 Å². The molecule has 0 aliphatic heterocycles. The molecule has 0 aliphatic carbocycles. The molecular formula is C44H34N6. The molecule has 0 fully saturated rings. The molecule has 0 amide bonds. The van der Waals surface area contributed by atoms with Gasteiger partial charge < -0.3 is 4.57 Å². The fourth-order valence-electron chi connectivity index (χ4n) is 7.48. The van der Waals surface area contributed by atoms with Crippen LogP contribution < -0.4 is 0 Å². The second kappa shape index (κ2) is 11.1. The number of aromatic nitrogens is 6. The van der Waals surface area contributed by atoms with E-state index in [0.717, 1.165) is 55.2 Å². The van der Waals surface area contributed by atoms with Gasteiger partial charge in [-0.05, 0) is 82.9 Å². The Morgan fingerprint density at radius 2 is 1.00 bits per heavy atom. The predicted octanol–water partition coefficient (Wildman–Crippen LogP) is 9.71. The highest BCUT2D eigenvalue weighted by atomic mass is 15.0. The molecule has 0 saturated heterocycles. The van der Waals surface area contributed by atoms with E-state index in [1.54, 1.807) is 6.20 Å². The summed E-state index contributed by atoms with van der Waals surface area (Å²) in [5.41, 5.74) is 12.7. The zero-order chi connectivity index (χ0) is 34.0. The van der Waals surface area contributed by atoms with Crippen molar-refractivity contribution in [2.24, 2.45) is 0 Å². The Bertz CT molecular complexity index is 2380. The van der Waals surface area contributed by atoms with Gasteiger partial charge in [0.05, 0.1) is 40.7 Å². The van der Waals surface area contributed by atoms with Gasteiger partial charge in [0.1, 0.15) is 11.0 Å². The zero-order valence-electron chi connectivity index (χ0n) is 28.4. The summed E-state index contributed by atoms with van der Waals surface area (Å²) in [5, 5.41) is 2.16. The van der Waals surface area contributed by atoms with Gasteiger partial charge in [-0.25, -0.2) is 4.98 Å². The summed E-state index contributed by atoms with van der Waals surface area (Å²) in [7, 11) is 0. The molecule has 9 rings (SSSR count). The van der Waals surface area contributed by atoms with Crippen LogP contribution in [0, 0.1) is 12.1 Å². The third kappa shape index (κ3) is 4.51. The van der Waals surface area contributed by atoms with E-state index >= 15 is 0 Å². The Morgan fingerprint density at radius 1 is 0.500 bits per heavy atom. The standard InChI is InChI=1S/C44H34N6/c1-43(2,31-13-17-33(18-14-31)49-37-7-5-23-47-41(37)35-21-25-45-27-39(35)49)29-9-11-30(12-10-29)44(3,4)32-15-19-34(20-16-32)50-38-8-6-24-48-42(38)36-22-26-46-28-40(36)50/h5,7,9-28H,1-4H3. The Balaban J connectivity index is 0.997. The maximum absolute atomic E-state index is 4.67. The Morgan fingerprint density at radius 3 is 1.58 bits per heavy atom. The minimum atomic E-state index is -0.196. The van der Waals surface area contributed by atoms with E-state index in [1.165, 1.54) is 22.3 Å². The fourth-order valence-corrected chi connectivity index (χ4v) is 7.48. The molecule has 0 atom stereocenters. The van der Waals surface area contributed by atoms with Crippen LogP contribution in [0.5, 0.6) is 0 Å². The fraction of sp³-hybridized carbons (Fsp3) is 0.136. The summed E-state index contributed by atoms with van der Waals surface area (Å²) < 4.78 is 4.41. The minimum Gasteiger partial charge on any atom is -0.306 e. The summed E-state index contributed by atoms with van der Waals surface area (Å²) >= 11 is 0. The molecule has 9 aromatic rings. The lowest BCUT2D eigenvalue weighted by molar-refractivity contribution is 0.626. The third-order valence-corrected chi connectivity index (χ3v) is 10.5. The van der Waals surface area contributed by atoms with E-state index in [4.69, 9.17) is 0 Å². The largest absolute Gasteiger partial charge is 0.306 e. The molecule has 0 unspecified atom stereocenters. The monoisotopic (exact) mass is 646 g/mol. The molecule has 0 radical (unpaired) electrons. The maximum atomic E-state index is 4.67. The maximum Gasteiger partial charge on any atom is 0.124 e. The topological polar surface area (TPSA) is 61.4 Å². The minimum absolute atomic E-state index is 0.187. The van der Waals surface area contributed by atoms with Gasteiger partial charge in [0.15, 0.2) is 0 Å². The van der Waals surface area contributed by atoms with Crippen LogP contribution in [0.2, 0.25) is 0 Å². The molecule has 0 bridgehead atoms. The van der Waals surface area contributed by atoms with E-state index in [-0.39, 0.29) is 10.8 Å². The van der Waals surface area contributed by atoms with Crippen molar-refractivity contribution in [3.63, 3.8) is 0 Å². The van der Waals surface area contributed by atoms with Crippen LogP contribution in [0.25, 0.3) is 55.2 Å². The average Bonchev–Trinajstić information content (AvgIpc) is 3.68. The number of hydrogen-bond acceptors (Lipinski definition) is 4. The molecule has 240 valence electrons. The smallest absolute Gasteiger partial charge is 0.124 e. The normalized spacial score (nSPS) is 12.2. The Kier molecular flexibility index (Phi) is 6.62. The summed E-state index contributed by atoms with van der Waals surface area (Å²) in [6.45, 7) is 9.17. The van der Waals surface area contributed by atoms with Crippen LogP contribution in [0.3, 0.4) is 0 Å². The Labute approximate surface area is 290 Å². The molecule has 3 aromatic carbocycles. The van der Waals surface area contributed by atoms with Crippen LogP contribution in [0.15, 0.2) is 134 Å². The third-order valence-electron chi connectivity index (χ3n) is 10.5. The second-order valence-electron chi connectivity index (χ2n) is 14.0. The van der Waals surface area contributed by atoms with E-state index in [9.17, 15) is 0 Å². The first-order valence-electron chi connectivity index (χ1n) is 16.9. The number of nitrogens with zero attached hydrogens (tertiary/aromatic N) is 6. The molecule has 50 heavy (non-hydrogen) atoms. The SMILES string of the molecule is CC(C)(c1ccc(-n2c3c#ccnc3c3ccncc32)cc1)c1ccc(C(C)(C)c2ccc(-n3c4cnccc4c4ncccc43)cc2)cc1. The molecule has 0 N–H and O–H groups in total. The molecule has 6 heteroatoms. The van der Waals surface area contributed by atoms with E-state index < -0.39 is 0 Å². The van der Waals surface area contributed by atoms with Crippen molar-refractivity contribution >= 4 is 43.9 Å². The van der Waals surface area contributed by atoms with Crippen LogP contribution in [0.4, 0.5) is 0 Å². The van der Waals surface area contributed by atoms with Gasteiger partial charge in [-0.1, -0.05) is 76.2 Å². The van der Waals surface area contributed by atoms with Gasteiger partial charge >= 0.3 is 0 Å². The number of benzene rings is 3. The van der Waals surface area contributed by atoms with Crippen LogP contribution >= 0.6 is 0 Å². The van der Waals surface area contributed by atoms with Crippen LogP contribution in [-0.2, 0) is 10.8 Å². The van der Waals surface area contributed by atoms with Crippen molar-refractivity contribution in [1.82, 2.24) is 29.1 Å². The Hall–Kier alpha value is -6.32. The van der Waals surface area contributed by atoms with E-state index in [1.807, 2.05) is 49.2 Å². The zero-order valence-corrected chi connectivity index (χ0v) is 28.4. The molecule has 6 aromatic heterocycles. The van der Waals surface area contributed by atoms with Gasteiger partial charge in [0.25, 0.3) is 0 Å². The first-order chi connectivity index (χ1) is 24.3. The predicted molar refractivity (Wildman–Crippen MR) is 201 cm³/mol. The highest BCUT2D eigenvalue weighted by Gasteiger charge is 2.27. The number of fused-ring (bicyclic) bond motifs is 6.